The van der Waals surface area contributed by atoms with Crippen LogP contribution >= 0.6 is 11.3 Å². The fourth-order valence-corrected chi connectivity index (χ4v) is 4.11. The minimum atomic E-state index is -0.0136. The molecule has 4 heteroatoms. The van der Waals surface area contributed by atoms with Gasteiger partial charge in [-0.2, -0.15) is 0 Å². The lowest BCUT2D eigenvalue weighted by molar-refractivity contribution is 0.103. The number of amides is 1. The second-order valence-corrected chi connectivity index (χ2v) is 7.55. The van der Waals surface area contributed by atoms with Gasteiger partial charge in [-0.05, 0) is 61.6 Å². The number of anilines is 2. The van der Waals surface area contributed by atoms with Crippen molar-refractivity contribution in [3.63, 3.8) is 0 Å². The Bertz CT molecular complexity index is 690. The zero-order valence-corrected chi connectivity index (χ0v) is 14.9. The van der Waals surface area contributed by atoms with Crippen molar-refractivity contribution in [2.75, 3.05) is 23.3 Å². The van der Waals surface area contributed by atoms with Crippen molar-refractivity contribution in [2.24, 2.45) is 5.92 Å². The van der Waals surface area contributed by atoms with Gasteiger partial charge in [-0.1, -0.05) is 13.8 Å². The second kappa shape index (κ2) is 6.75. The van der Waals surface area contributed by atoms with Crippen LogP contribution in [0, 0.1) is 12.8 Å². The molecule has 0 bridgehead atoms. The highest BCUT2D eigenvalue weighted by atomic mass is 32.1. The molecular formula is C19H24N2OS. The van der Waals surface area contributed by atoms with Crippen LogP contribution in [0.2, 0.25) is 0 Å². The third-order valence-corrected chi connectivity index (χ3v) is 5.86. The summed E-state index contributed by atoms with van der Waals surface area (Å²) in [6.45, 7) is 8.74. The largest absolute Gasteiger partial charge is 0.371 e. The van der Waals surface area contributed by atoms with Crippen molar-refractivity contribution in [2.45, 2.75) is 33.6 Å². The van der Waals surface area contributed by atoms with E-state index < -0.39 is 0 Å². The molecule has 122 valence electrons. The number of thiophene rings is 1. The highest BCUT2D eigenvalue weighted by Gasteiger charge is 2.18. The van der Waals surface area contributed by atoms with Crippen molar-refractivity contribution < 1.29 is 4.79 Å². The van der Waals surface area contributed by atoms with Crippen LogP contribution < -0.4 is 10.2 Å². The van der Waals surface area contributed by atoms with Crippen LogP contribution in [0.4, 0.5) is 11.4 Å². The Balaban J connectivity index is 1.66. The molecule has 1 fully saturated rings. The van der Waals surface area contributed by atoms with E-state index in [0.717, 1.165) is 36.0 Å². The van der Waals surface area contributed by atoms with Crippen molar-refractivity contribution in [1.82, 2.24) is 0 Å². The van der Waals surface area contributed by atoms with Gasteiger partial charge in [0.15, 0.2) is 0 Å². The molecule has 2 aromatic rings. The van der Waals surface area contributed by atoms with Gasteiger partial charge in [-0.3, -0.25) is 4.79 Å². The van der Waals surface area contributed by atoms with Gasteiger partial charge in [-0.15, -0.1) is 11.3 Å². The van der Waals surface area contributed by atoms with E-state index in [1.165, 1.54) is 22.5 Å². The first kappa shape index (κ1) is 16.1. The predicted octanol–water partition coefficient (Wildman–Crippen LogP) is 4.72. The van der Waals surface area contributed by atoms with Crippen LogP contribution in [-0.2, 0) is 6.42 Å². The molecule has 0 aliphatic carbocycles. The van der Waals surface area contributed by atoms with E-state index >= 15 is 0 Å². The Morgan fingerprint density at radius 2 is 2.09 bits per heavy atom. The normalized spacial score (nSPS) is 17.5. The summed E-state index contributed by atoms with van der Waals surface area (Å²) < 4.78 is 0. The third-order valence-electron chi connectivity index (χ3n) is 4.48. The van der Waals surface area contributed by atoms with Gasteiger partial charge < -0.3 is 10.2 Å². The first-order chi connectivity index (χ1) is 11.1. The number of carbonyl (C=O) groups excluding carboxylic acids is 1. The summed E-state index contributed by atoms with van der Waals surface area (Å²) in [5, 5.41) is 3.00. The number of nitrogens with zero attached hydrogens (tertiary/aromatic N) is 1. The Labute approximate surface area is 142 Å². The maximum absolute atomic E-state index is 12.4. The Hall–Kier alpha value is -1.81. The molecule has 0 spiro atoms. The van der Waals surface area contributed by atoms with Crippen LogP contribution in [0.1, 0.15) is 40.4 Å². The van der Waals surface area contributed by atoms with Crippen LogP contribution in [0.3, 0.4) is 0 Å². The molecule has 1 aromatic carbocycles. The molecular weight excluding hydrogens is 304 g/mol. The van der Waals surface area contributed by atoms with E-state index in [1.54, 1.807) is 11.3 Å². The molecule has 1 aromatic heterocycles. The molecule has 2 heterocycles. The lowest BCUT2D eigenvalue weighted by Gasteiger charge is -2.18. The molecule has 1 aliphatic heterocycles. The summed E-state index contributed by atoms with van der Waals surface area (Å²) in [5.74, 6) is 0.754. The number of hydrogen-bond acceptors (Lipinski definition) is 3. The summed E-state index contributed by atoms with van der Waals surface area (Å²) in [6.07, 6.45) is 2.24. The number of hydrogen-bond donors (Lipinski definition) is 1. The minimum Gasteiger partial charge on any atom is -0.371 e. The van der Waals surface area contributed by atoms with Gasteiger partial charge in [0, 0.05) is 29.3 Å². The highest BCUT2D eigenvalue weighted by molar-refractivity contribution is 7.14. The first-order valence-electron chi connectivity index (χ1n) is 8.32. The summed E-state index contributed by atoms with van der Waals surface area (Å²) >= 11 is 1.59. The SMILES string of the molecule is CCc1sc(C(=O)Nc2ccc(N3CCC(C)C3)cc2)cc1C. The van der Waals surface area contributed by atoms with E-state index in [0.29, 0.717) is 0 Å². The lowest BCUT2D eigenvalue weighted by Crippen LogP contribution is -2.19. The minimum absolute atomic E-state index is 0.0136. The fourth-order valence-electron chi connectivity index (χ4n) is 3.10. The van der Waals surface area contributed by atoms with E-state index in [4.69, 9.17) is 0 Å². The van der Waals surface area contributed by atoms with Crippen molar-refractivity contribution in [1.29, 1.82) is 0 Å². The predicted molar refractivity (Wildman–Crippen MR) is 98.8 cm³/mol. The summed E-state index contributed by atoms with van der Waals surface area (Å²) in [6, 6.07) is 10.2. The molecule has 0 saturated carbocycles. The van der Waals surface area contributed by atoms with Gasteiger partial charge in [0.2, 0.25) is 0 Å². The van der Waals surface area contributed by atoms with Crippen LogP contribution in [0.5, 0.6) is 0 Å². The van der Waals surface area contributed by atoms with E-state index in [-0.39, 0.29) is 5.91 Å². The molecule has 3 nitrogen and oxygen atoms in total. The van der Waals surface area contributed by atoms with Gasteiger partial charge in [-0.25, -0.2) is 0 Å². The maximum Gasteiger partial charge on any atom is 0.265 e. The molecule has 1 atom stereocenters. The average Bonchev–Trinajstić information content (AvgIpc) is 3.14. The third kappa shape index (κ3) is 3.58. The Morgan fingerprint density at radius 3 is 2.65 bits per heavy atom. The van der Waals surface area contributed by atoms with Gasteiger partial charge in [0.1, 0.15) is 0 Å². The van der Waals surface area contributed by atoms with Crippen LogP contribution in [-0.4, -0.2) is 19.0 Å². The lowest BCUT2D eigenvalue weighted by atomic mass is 10.2. The quantitative estimate of drug-likeness (QED) is 0.881. The number of carbonyl (C=O) groups is 1. The monoisotopic (exact) mass is 328 g/mol. The topological polar surface area (TPSA) is 32.3 Å². The Morgan fingerprint density at radius 1 is 1.35 bits per heavy atom. The van der Waals surface area contributed by atoms with Crippen molar-refractivity contribution >= 4 is 28.6 Å². The van der Waals surface area contributed by atoms with Crippen molar-refractivity contribution in [3.8, 4) is 0 Å². The molecule has 23 heavy (non-hydrogen) atoms. The number of nitrogens with one attached hydrogen (secondary N) is 1. The molecule has 1 unspecified atom stereocenters. The van der Waals surface area contributed by atoms with Crippen LogP contribution in [0.15, 0.2) is 30.3 Å². The summed E-state index contributed by atoms with van der Waals surface area (Å²) in [4.78, 5) is 16.9. The first-order valence-corrected chi connectivity index (χ1v) is 9.14. The van der Waals surface area contributed by atoms with E-state index in [2.05, 4.69) is 43.1 Å². The highest BCUT2D eigenvalue weighted by Crippen LogP contribution is 2.26. The fraction of sp³-hybridized carbons (Fsp3) is 0.421. The Kier molecular flexibility index (Phi) is 4.71. The van der Waals surface area contributed by atoms with Gasteiger partial charge >= 0.3 is 0 Å². The second-order valence-electron chi connectivity index (χ2n) is 6.41. The number of rotatable bonds is 4. The van der Waals surface area contributed by atoms with E-state index in [1.807, 2.05) is 18.2 Å². The zero-order valence-electron chi connectivity index (χ0n) is 14.1. The zero-order chi connectivity index (χ0) is 16.4. The standard InChI is InChI=1S/C19H24N2OS/c1-4-17-14(3)11-18(23-17)19(22)20-15-5-7-16(8-6-15)21-10-9-13(2)12-21/h5-8,11,13H,4,9-10,12H2,1-3H3,(H,20,22). The number of benzene rings is 1. The van der Waals surface area contributed by atoms with Crippen molar-refractivity contribution in [3.05, 3.63) is 45.6 Å². The maximum atomic E-state index is 12.4. The summed E-state index contributed by atoms with van der Waals surface area (Å²) in [7, 11) is 0. The van der Waals surface area contributed by atoms with E-state index in [9.17, 15) is 4.79 Å². The van der Waals surface area contributed by atoms with Crippen LogP contribution in [0.25, 0.3) is 0 Å². The number of aryl methyl sites for hydroxylation is 2. The average molecular weight is 328 g/mol. The van der Waals surface area contributed by atoms with Gasteiger partial charge in [0.25, 0.3) is 5.91 Å². The van der Waals surface area contributed by atoms with Gasteiger partial charge in [0.05, 0.1) is 4.88 Å². The summed E-state index contributed by atoms with van der Waals surface area (Å²) in [5.41, 5.74) is 3.31. The molecule has 1 aliphatic rings. The molecule has 1 N–H and O–H groups in total. The molecule has 3 rings (SSSR count). The smallest absolute Gasteiger partial charge is 0.265 e. The molecule has 1 amide bonds. The molecule has 0 radical (unpaired) electrons. The molecule has 1 saturated heterocycles.